The van der Waals surface area contributed by atoms with Gasteiger partial charge >= 0.3 is 6.03 Å². The molecule has 0 atom stereocenters. The quantitative estimate of drug-likeness (QED) is 0.898. The molecule has 1 aliphatic rings. The van der Waals surface area contributed by atoms with Gasteiger partial charge in [0.1, 0.15) is 0 Å². The largest absolute Gasteiger partial charge is 0.374 e. The molecule has 0 aliphatic carbocycles. The zero-order chi connectivity index (χ0) is 16.8. The van der Waals surface area contributed by atoms with E-state index in [1.165, 1.54) is 0 Å². The van der Waals surface area contributed by atoms with E-state index in [1.54, 1.807) is 11.9 Å². The fraction of sp³-hybridized carbons (Fsp3) is 0.588. The van der Waals surface area contributed by atoms with E-state index in [-0.39, 0.29) is 18.2 Å². The monoisotopic (exact) mass is 338 g/mol. The van der Waals surface area contributed by atoms with E-state index in [1.807, 2.05) is 38.1 Å². The lowest BCUT2D eigenvalue weighted by molar-refractivity contribution is 0.0657. The molecular weight excluding hydrogens is 312 g/mol. The van der Waals surface area contributed by atoms with Gasteiger partial charge in [0.15, 0.2) is 0 Å². The Morgan fingerprint density at radius 2 is 2.09 bits per heavy atom. The third-order valence-corrected chi connectivity index (χ3v) is 5.37. The molecule has 1 aromatic rings. The molecule has 128 valence electrons. The molecule has 0 bridgehead atoms. The number of hydrogen-bond donors (Lipinski definition) is 1. The van der Waals surface area contributed by atoms with Gasteiger partial charge in [0, 0.05) is 41.1 Å². The molecular formula is C17H26N2O3S. The van der Waals surface area contributed by atoms with E-state index in [0.717, 1.165) is 24.1 Å². The first-order chi connectivity index (χ1) is 11.0. The topological polar surface area (TPSA) is 58.6 Å². The summed E-state index contributed by atoms with van der Waals surface area (Å²) < 4.78 is 17.0. The molecule has 2 amide bonds. The third kappa shape index (κ3) is 5.62. The van der Waals surface area contributed by atoms with E-state index >= 15 is 0 Å². The van der Waals surface area contributed by atoms with Gasteiger partial charge in [0.25, 0.3) is 0 Å². The summed E-state index contributed by atoms with van der Waals surface area (Å²) in [5.74, 6) is 1.37. The number of hydrogen-bond acceptors (Lipinski definition) is 3. The number of benzene rings is 1. The van der Waals surface area contributed by atoms with Crippen LogP contribution in [0, 0.1) is 0 Å². The first kappa shape index (κ1) is 17.9. The maximum absolute atomic E-state index is 12.4. The molecule has 0 aromatic heterocycles. The summed E-state index contributed by atoms with van der Waals surface area (Å²) in [4.78, 5) is 14.1. The zero-order valence-corrected chi connectivity index (χ0v) is 14.9. The fourth-order valence-corrected chi connectivity index (χ4v) is 3.82. The molecule has 1 heterocycles. The van der Waals surface area contributed by atoms with Gasteiger partial charge in [-0.25, -0.2) is 4.79 Å². The second kappa shape index (κ2) is 8.45. The summed E-state index contributed by atoms with van der Waals surface area (Å²) in [6, 6.07) is 7.76. The Labute approximate surface area is 140 Å². The maximum atomic E-state index is 12.4. The van der Waals surface area contributed by atoms with Gasteiger partial charge in [0.05, 0.1) is 12.7 Å². The lowest BCUT2D eigenvalue weighted by Crippen LogP contribution is -2.43. The molecule has 6 heteroatoms. The van der Waals surface area contributed by atoms with Gasteiger partial charge in [0.2, 0.25) is 0 Å². The number of carbonyl (C=O) groups is 1. The van der Waals surface area contributed by atoms with Crippen molar-refractivity contribution in [1.82, 2.24) is 4.90 Å². The van der Waals surface area contributed by atoms with Gasteiger partial charge in [-0.1, -0.05) is 12.1 Å². The van der Waals surface area contributed by atoms with Gasteiger partial charge in [-0.05, 0) is 44.4 Å². The summed E-state index contributed by atoms with van der Waals surface area (Å²) >= 11 is 0. The number of urea groups is 1. The highest BCUT2D eigenvalue weighted by Gasteiger charge is 2.24. The highest BCUT2D eigenvalue weighted by atomic mass is 32.2. The smallest absolute Gasteiger partial charge is 0.321 e. The van der Waals surface area contributed by atoms with Gasteiger partial charge < -0.3 is 15.0 Å². The zero-order valence-electron chi connectivity index (χ0n) is 14.1. The fourth-order valence-electron chi connectivity index (χ4n) is 2.55. The Morgan fingerprint density at radius 3 is 2.74 bits per heavy atom. The van der Waals surface area contributed by atoms with Crippen molar-refractivity contribution in [3.63, 3.8) is 0 Å². The van der Waals surface area contributed by atoms with Crippen molar-refractivity contribution in [2.45, 2.75) is 45.4 Å². The van der Waals surface area contributed by atoms with Crippen LogP contribution < -0.4 is 5.32 Å². The molecule has 1 fully saturated rings. The molecule has 0 radical (unpaired) electrons. The predicted molar refractivity (Wildman–Crippen MR) is 94.0 cm³/mol. The molecule has 1 N–H and O–H groups in total. The Balaban J connectivity index is 1.91. The van der Waals surface area contributed by atoms with Crippen LogP contribution in [0.2, 0.25) is 0 Å². The summed E-state index contributed by atoms with van der Waals surface area (Å²) in [5, 5.41) is 2.93. The maximum Gasteiger partial charge on any atom is 0.321 e. The summed E-state index contributed by atoms with van der Waals surface area (Å²) in [6.45, 7) is 4.53. The van der Waals surface area contributed by atoms with Crippen molar-refractivity contribution in [2.75, 3.05) is 23.9 Å². The minimum Gasteiger partial charge on any atom is -0.374 e. The Morgan fingerprint density at radius 1 is 1.39 bits per heavy atom. The van der Waals surface area contributed by atoms with Gasteiger partial charge in [-0.2, -0.15) is 0 Å². The van der Waals surface area contributed by atoms with Crippen molar-refractivity contribution >= 4 is 22.5 Å². The van der Waals surface area contributed by atoms with E-state index in [2.05, 4.69) is 5.32 Å². The molecule has 0 spiro atoms. The SMILES string of the molecule is CC(C)OCc1cccc(NC(=O)N(C)C2CCS(=O)CC2)c1. The second-order valence-electron chi connectivity index (χ2n) is 6.18. The van der Waals surface area contributed by atoms with Crippen molar-refractivity contribution in [3.05, 3.63) is 29.8 Å². The number of carbonyl (C=O) groups excluding carboxylic acids is 1. The van der Waals surface area contributed by atoms with Crippen LogP contribution in [-0.4, -0.2) is 45.8 Å². The lowest BCUT2D eigenvalue weighted by Gasteiger charge is -2.31. The Bertz CT molecular complexity index is 553. The number of nitrogens with zero attached hydrogens (tertiary/aromatic N) is 1. The van der Waals surface area contributed by atoms with E-state index < -0.39 is 10.8 Å². The molecule has 1 saturated heterocycles. The summed E-state index contributed by atoms with van der Waals surface area (Å²) in [7, 11) is 1.10. The molecule has 1 aliphatic heterocycles. The predicted octanol–water partition coefficient (Wildman–Crippen LogP) is 2.99. The van der Waals surface area contributed by atoms with E-state index in [9.17, 15) is 9.00 Å². The average molecular weight is 338 g/mol. The van der Waals surface area contributed by atoms with Crippen molar-refractivity contribution in [3.8, 4) is 0 Å². The minimum absolute atomic E-state index is 0.121. The van der Waals surface area contributed by atoms with Gasteiger partial charge in [-0.3, -0.25) is 4.21 Å². The molecule has 23 heavy (non-hydrogen) atoms. The number of anilines is 1. The molecule has 1 aromatic carbocycles. The number of ether oxygens (including phenoxy) is 1. The highest BCUT2D eigenvalue weighted by Crippen LogP contribution is 2.17. The Hall–Kier alpha value is -1.40. The standard InChI is InChI=1S/C17H26N2O3S/c1-13(2)22-12-14-5-4-6-15(11-14)18-17(20)19(3)16-7-9-23(21)10-8-16/h4-6,11,13,16H,7-10,12H2,1-3H3,(H,18,20). The lowest BCUT2D eigenvalue weighted by atomic mass is 10.1. The van der Waals surface area contributed by atoms with Crippen molar-refractivity contribution in [1.29, 1.82) is 0 Å². The van der Waals surface area contributed by atoms with Crippen molar-refractivity contribution in [2.24, 2.45) is 0 Å². The van der Waals surface area contributed by atoms with Crippen LogP contribution in [0.25, 0.3) is 0 Å². The number of rotatable bonds is 5. The number of amides is 2. The normalized spacial score (nSPS) is 21.2. The minimum atomic E-state index is -0.710. The van der Waals surface area contributed by atoms with E-state index in [4.69, 9.17) is 4.74 Å². The average Bonchev–Trinajstić information content (AvgIpc) is 2.53. The van der Waals surface area contributed by atoms with Gasteiger partial charge in [-0.15, -0.1) is 0 Å². The highest BCUT2D eigenvalue weighted by molar-refractivity contribution is 7.85. The Kier molecular flexibility index (Phi) is 6.59. The van der Waals surface area contributed by atoms with Crippen molar-refractivity contribution < 1.29 is 13.7 Å². The number of nitrogens with one attached hydrogen (secondary N) is 1. The van der Waals surface area contributed by atoms with Crippen LogP contribution in [0.15, 0.2) is 24.3 Å². The van der Waals surface area contributed by atoms with Crippen LogP contribution in [0.3, 0.4) is 0 Å². The van der Waals surface area contributed by atoms with E-state index in [0.29, 0.717) is 18.1 Å². The van der Waals surface area contributed by atoms with Crippen LogP contribution in [0.5, 0.6) is 0 Å². The first-order valence-electron chi connectivity index (χ1n) is 8.05. The third-order valence-electron chi connectivity index (χ3n) is 3.99. The van der Waals surface area contributed by atoms with Crippen LogP contribution in [0.1, 0.15) is 32.3 Å². The van der Waals surface area contributed by atoms with Crippen LogP contribution in [-0.2, 0) is 22.1 Å². The molecule has 0 unspecified atom stereocenters. The molecule has 0 saturated carbocycles. The van der Waals surface area contributed by atoms with Crippen LogP contribution >= 0.6 is 0 Å². The summed E-state index contributed by atoms with van der Waals surface area (Å²) in [5.41, 5.74) is 1.80. The first-order valence-corrected chi connectivity index (χ1v) is 9.54. The summed E-state index contributed by atoms with van der Waals surface area (Å²) in [6.07, 6.45) is 1.79. The molecule has 5 nitrogen and oxygen atoms in total. The van der Waals surface area contributed by atoms with Crippen LogP contribution in [0.4, 0.5) is 10.5 Å². The molecule has 2 rings (SSSR count). The second-order valence-corrected chi connectivity index (χ2v) is 7.88.